The topological polar surface area (TPSA) is 68.4 Å². The number of aromatic nitrogens is 1. The monoisotopic (exact) mass is 289 g/mol. The Kier molecular flexibility index (Phi) is 2.94. The van der Waals surface area contributed by atoms with Crippen molar-refractivity contribution >= 4 is 38.3 Å². The van der Waals surface area contributed by atoms with Crippen molar-refractivity contribution in [3.05, 3.63) is 40.2 Å². The Bertz CT molecular complexity index is 878. The Morgan fingerprint density at radius 1 is 1.25 bits per heavy atom. The van der Waals surface area contributed by atoms with Crippen molar-refractivity contribution in [2.75, 3.05) is 14.2 Å². The van der Waals surface area contributed by atoms with Crippen LogP contribution < -0.4 is 10.3 Å². The molecule has 0 aliphatic rings. The van der Waals surface area contributed by atoms with E-state index in [4.69, 9.17) is 9.47 Å². The minimum atomic E-state index is -0.479. The number of aromatic amines is 1. The Morgan fingerprint density at radius 2 is 2.05 bits per heavy atom. The van der Waals surface area contributed by atoms with Gasteiger partial charge in [0.15, 0.2) is 5.06 Å². The van der Waals surface area contributed by atoms with Crippen LogP contribution in [0.3, 0.4) is 0 Å². The summed E-state index contributed by atoms with van der Waals surface area (Å²) in [6.07, 6.45) is 0. The van der Waals surface area contributed by atoms with Crippen molar-refractivity contribution in [1.29, 1.82) is 0 Å². The van der Waals surface area contributed by atoms with Crippen molar-refractivity contribution < 1.29 is 14.3 Å². The molecule has 0 atom stereocenters. The molecule has 102 valence electrons. The molecule has 3 rings (SSSR count). The van der Waals surface area contributed by atoms with Crippen LogP contribution in [0.25, 0.3) is 21.0 Å². The van der Waals surface area contributed by atoms with E-state index in [1.165, 1.54) is 18.4 Å². The van der Waals surface area contributed by atoms with Gasteiger partial charge in [-0.2, -0.15) is 0 Å². The van der Waals surface area contributed by atoms with Gasteiger partial charge in [-0.15, -0.1) is 0 Å². The summed E-state index contributed by atoms with van der Waals surface area (Å²) in [7, 11) is 2.87. The van der Waals surface area contributed by atoms with Crippen molar-refractivity contribution in [3.63, 3.8) is 0 Å². The molecule has 0 saturated carbocycles. The highest BCUT2D eigenvalue weighted by Crippen LogP contribution is 2.33. The second-order valence-electron chi connectivity index (χ2n) is 4.19. The number of thiophene rings is 1. The van der Waals surface area contributed by atoms with E-state index in [1.54, 1.807) is 25.3 Å². The third kappa shape index (κ3) is 1.77. The van der Waals surface area contributed by atoms with Crippen LogP contribution >= 0.6 is 11.3 Å². The maximum atomic E-state index is 12.1. The number of carbonyl (C=O) groups excluding carboxylic acids is 1. The quantitative estimate of drug-likeness (QED) is 0.736. The van der Waals surface area contributed by atoms with Gasteiger partial charge in [0.1, 0.15) is 4.70 Å². The van der Waals surface area contributed by atoms with E-state index in [1.807, 2.05) is 6.07 Å². The average Bonchev–Trinajstić information content (AvgIpc) is 2.91. The number of rotatable bonds is 2. The number of hydrogen-bond acceptors (Lipinski definition) is 5. The Morgan fingerprint density at radius 3 is 2.75 bits per heavy atom. The van der Waals surface area contributed by atoms with E-state index in [0.29, 0.717) is 20.8 Å². The number of esters is 1. The first-order valence-electron chi connectivity index (χ1n) is 5.86. The second-order valence-corrected chi connectivity index (χ2v) is 5.20. The molecule has 0 saturated heterocycles. The van der Waals surface area contributed by atoms with Crippen LogP contribution in [-0.4, -0.2) is 25.2 Å². The number of pyridine rings is 1. The molecule has 0 aliphatic carbocycles. The highest BCUT2D eigenvalue weighted by Gasteiger charge is 2.15. The molecule has 0 aliphatic heterocycles. The highest BCUT2D eigenvalue weighted by atomic mass is 32.1. The molecular formula is C14H11NO4S. The van der Waals surface area contributed by atoms with Gasteiger partial charge in [0.2, 0.25) is 0 Å². The normalized spacial score (nSPS) is 10.9. The fourth-order valence-electron chi connectivity index (χ4n) is 2.20. The molecule has 2 aromatic heterocycles. The third-order valence-electron chi connectivity index (χ3n) is 3.12. The number of carbonyl (C=O) groups is 1. The third-order valence-corrected chi connectivity index (χ3v) is 4.21. The van der Waals surface area contributed by atoms with Crippen LogP contribution in [0, 0.1) is 0 Å². The van der Waals surface area contributed by atoms with Gasteiger partial charge in [-0.05, 0) is 6.07 Å². The van der Waals surface area contributed by atoms with Crippen LogP contribution in [0.5, 0.6) is 5.06 Å². The lowest BCUT2D eigenvalue weighted by Gasteiger charge is -2.05. The van der Waals surface area contributed by atoms with Crippen molar-refractivity contribution in [2.45, 2.75) is 0 Å². The van der Waals surface area contributed by atoms with Gasteiger partial charge in [-0.1, -0.05) is 23.5 Å². The summed E-state index contributed by atoms with van der Waals surface area (Å²) in [6.45, 7) is 0. The summed E-state index contributed by atoms with van der Waals surface area (Å²) in [5, 5.41) is 2.22. The Balaban J connectivity index is 2.47. The van der Waals surface area contributed by atoms with Gasteiger partial charge >= 0.3 is 5.97 Å². The van der Waals surface area contributed by atoms with E-state index in [0.717, 1.165) is 10.8 Å². The number of nitrogens with one attached hydrogen (secondary N) is 1. The number of para-hydroxylation sites is 1. The van der Waals surface area contributed by atoms with E-state index in [2.05, 4.69) is 4.98 Å². The summed E-state index contributed by atoms with van der Waals surface area (Å²) in [4.78, 5) is 26.7. The summed E-state index contributed by atoms with van der Waals surface area (Å²) < 4.78 is 10.5. The zero-order chi connectivity index (χ0) is 14.3. The Hall–Kier alpha value is -2.34. The summed E-state index contributed by atoms with van der Waals surface area (Å²) in [5.41, 5.74) is 0.587. The zero-order valence-electron chi connectivity index (χ0n) is 10.9. The molecule has 0 spiro atoms. The lowest BCUT2D eigenvalue weighted by Crippen LogP contribution is -2.09. The average molecular weight is 289 g/mol. The van der Waals surface area contributed by atoms with Gasteiger partial charge in [0.25, 0.3) is 5.56 Å². The number of benzene rings is 1. The number of H-pyrrole nitrogens is 1. The van der Waals surface area contributed by atoms with Crippen molar-refractivity contribution in [3.8, 4) is 5.06 Å². The smallest absolute Gasteiger partial charge is 0.339 e. The summed E-state index contributed by atoms with van der Waals surface area (Å²) in [6, 6.07) is 7.04. The van der Waals surface area contributed by atoms with Gasteiger partial charge in [0.05, 0.1) is 25.3 Å². The predicted octanol–water partition coefficient (Wildman–Crippen LogP) is 2.54. The van der Waals surface area contributed by atoms with E-state index >= 15 is 0 Å². The molecule has 20 heavy (non-hydrogen) atoms. The molecule has 5 nitrogen and oxygen atoms in total. The van der Waals surface area contributed by atoms with Crippen LogP contribution in [0.4, 0.5) is 0 Å². The molecule has 6 heteroatoms. The number of hydrogen-bond donors (Lipinski definition) is 1. The van der Waals surface area contributed by atoms with E-state index in [-0.39, 0.29) is 5.56 Å². The highest BCUT2D eigenvalue weighted by molar-refractivity contribution is 7.20. The maximum absolute atomic E-state index is 12.1. The van der Waals surface area contributed by atoms with Crippen molar-refractivity contribution in [1.82, 2.24) is 4.98 Å². The molecule has 0 unspecified atom stereocenters. The minimum Gasteiger partial charge on any atom is -0.487 e. The lowest BCUT2D eigenvalue weighted by molar-refractivity contribution is 0.0603. The van der Waals surface area contributed by atoms with E-state index < -0.39 is 5.97 Å². The number of ether oxygens (including phenoxy) is 2. The summed E-state index contributed by atoms with van der Waals surface area (Å²) in [5.74, 6) is -0.479. The summed E-state index contributed by atoms with van der Waals surface area (Å²) >= 11 is 1.28. The SMILES string of the molecule is COC(=O)c1cccc2c1[nH]c(=O)c1sc(OC)cc12. The van der Waals surface area contributed by atoms with Crippen LogP contribution in [-0.2, 0) is 4.74 Å². The van der Waals surface area contributed by atoms with E-state index in [9.17, 15) is 9.59 Å². The molecule has 1 aromatic carbocycles. The fourth-order valence-corrected chi connectivity index (χ4v) is 3.08. The van der Waals surface area contributed by atoms with Crippen LogP contribution in [0.2, 0.25) is 0 Å². The molecular weight excluding hydrogens is 278 g/mol. The van der Waals surface area contributed by atoms with Gasteiger partial charge in [0, 0.05) is 16.8 Å². The molecule has 0 amide bonds. The van der Waals surface area contributed by atoms with Gasteiger partial charge < -0.3 is 14.5 Å². The standard InChI is InChI=1S/C14H11NO4S/c1-18-10-6-9-7-4-3-5-8(14(17)19-2)11(7)15-13(16)12(9)20-10/h3-6H,1-2H3,(H,15,16). The maximum Gasteiger partial charge on any atom is 0.339 e. The van der Waals surface area contributed by atoms with Gasteiger partial charge in [-0.3, -0.25) is 4.79 Å². The molecule has 0 fully saturated rings. The van der Waals surface area contributed by atoms with Crippen LogP contribution in [0.1, 0.15) is 10.4 Å². The first-order valence-corrected chi connectivity index (χ1v) is 6.68. The largest absolute Gasteiger partial charge is 0.487 e. The first kappa shape index (κ1) is 12.7. The second kappa shape index (κ2) is 4.64. The first-order chi connectivity index (χ1) is 9.65. The van der Waals surface area contributed by atoms with Crippen molar-refractivity contribution in [2.24, 2.45) is 0 Å². The fraction of sp³-hybridized carbons (Fsp3) is 0.143. The molecule has 1 N–H and O–H groups in total. The molecule has 3 aromatic rings. The number of methoxy groups -OCH3 is 2. The predicted molar refractivity (Wildman–Crippen MR) is 77.8 cm³/mol. The zero-order valence-corrected chi connectivity index (χ0v) is 11.7. The number of fused-ring (bicyclic) bond motifs is 3. The van der Waals surface area contributed by atoms with Crippen LogP contribution in [0.15, 0.2) is 29.1 Å². The molecule has 0 bridgehead atoms. The lowest BCUT2D eigenvalue weighted by atomic mass is 10.1. The molecule has 2 heterocycles. The Labute approximate surface area is 117 Å². The van der Waals surface area contributed by atoms with Gasteiger partial charge in [-0.25, -0.2) is 4.79 Å². The minimum absolute atomic E-state index is 0.239. The molecule has 0 radical (unpaired) electrons.